The number of nitrogens with one attached hydrogen (secondary N) is 4. The summed E-state index contributed by atoms with van der Waals surface area (Å²) in [6.45, 7) is 6.93. The first kappa shape index (κ1) is 37.7. The van der Waals surface area contributed by atoms with E-state index in [0.717, 1.165) is 70.2 Å². The molecular formula is C41H48N6O6. The van der Waals surface area contributed by atoms with Crippen LogP contribution >= 0.6 is 0 Å². The summed E-state index contributed by atoms with van der Waals surface area (Å²) in [6, 6.07) is 14.4. The highest BCUT2D eigenvalue weighted by Gasteiger charge is 2.29. The van der Waals surface area contributed by atoms with Crippen molar-refractivity contribution in [3.63, 3.8) is 0 Å². The fourth-order valence-electron chi connectivity index (χ4n) is 6.59. The van der Waals surface area contributed by atoms with Crippen molar-refractivity contribution in [3.8, 4) is 11.1 Å². The average molecular weight is 721 g/mol. The number of pyridine rings is 2. The lowest BCUT2D eigenvalue weighted by Gasteiger charge is -2.18. The van der Waals surface area contributed by atoms with Gasteiger partial charge in [0.2, 0.25) is 0 Å². The van der Waals surface area contributed by atoms with Crippen LogP contribution in [-0.2, 0) is 22.6 Å². The summed E-state index contributed by atoms with van der Waals surface area (Å²) in [6.07, 6.45) is 7.61. The van der Waals surface area contributed by atoms with Crippen LogP contribution in [0.2, 0.25) is 0 Å². The molecule has 2 aliphatic rings. The Balaban J connectivity index is 1.16. The minimum absolute atomic E-state index is 0.0611. The number of carbonyl (C=O) groups is 3. The van der Waals surface area contributed by atoms with Gasteiger partial charge in [-0.1, -0.05) is 24.3 Å². The molecule has 2 heterocycles. The van der Waals surface area contributed by atoms with Crippen LogP contribution in [0.5, 0.6) is 0 Å². The van der Waals surface area contributed by atoms with E-state index >= 15 is 0 Å². The number of esters is 1. The predicted octanol–water partition coefficient (Wildman–Crippen LogP) is 5.12. The number of aliphatic hydroxyl groups is 2. The first-order valence-electron chi connectivity index (χ1n) is 18.3. The van der Waals surface area contributed by atoms with Crippen molar-refractivity contribution in [2.45, 2.75) is 77.4 Å². The van der Waals surface area contributed by atoms with Gasteiger partial charge in [-0.25, -0.2) is 0 Å². The topological polar surface area (TPSA) is 175 Å². The highest BCUT2D eigenvalue weighted by molar-refractivity contribution is 6.05. The molecule has 0 saturated heterocycles. The molecule has 2 aromatic heterocycles. The molecule has 2 amide bonds. The Morgan fingerprint density at radius 1 is 0.792 bits per heavy atom. The zero-order valence-electron chi connectivity index (χ0n) is 30.5. The van der Waals surface area contributed by atoms with Crippen LogP contribution < -0.4 is 21.3 Å². The number of hydrogen-bond donors (Lipinski definition) is 6. The maximum absolute atomic E-state index is 13.6. The van der Waals surface area contributed by atoms with Crippen molar-refractivity contribution in [3.05, 3.63) is 106 Å². The molecule has 53 heavy (non-hydrogen) atoms. The van der Waals surface area contributed by atoms with E-state index in [1.54, 1.807) is 19.3 Å². The van der Waals surface area contributed by atoms with E-state index in [0.29, 0.717) is 54.2 Å². The molecule has 278 valence electrons. The largest absolute Gasteiger partial charge is 0.465 e. The minimum Gasteiger partial charge on any atom is -0.465 e. The highest BCUT2D eigenvalue weighted by Crippen LogP contribution is 2.43. The van der Waals surface area contributed by atoms with Gasteiger partial charge in [-0.2, -0.15) is 0 Å². The summed E-state index contributed by atoms with van der Waals surface area (Å²) in [7, 11) is 0. The van der Waals surface area contributed by atoms with Crippen molar-refractivity contribution in [2.24, 2.45) is 0 Å². The van der Waals surface area contributed by atoms with E-state index in [9.17, 15) is 19.5 Å². The molecule has 0 radical (unpaired) electrons. The number of aromatic nitrogens is 2. The van der Waals surface area contributed by atoms with Crippen molar-refractivity contribution in [2.75, 3.05) is 37.0 Å². The second kappa shape index (κ2) is 17.2. The second-order valence-electron chi connectivity index (χ2n) is 13.7. The van der Waals surface area contributed by atoms with E-state index in [-0.39, 0.29) is 31.6 Å². The molecule has 6 N–H and O–H groups in total. The maximum atomic E-state index is 13.6. The molecule has 2 fully saturated rings. The predicted molar refractivity (Wildman–Crippen MR) is 203 cm³/mol. The Morgan fingerprint density at radius 3 is 1.75 bits per heavy atom. The van der Waals surface area contributed by atoms with Crippen molar-refractivity contribution < 1.29 is 29.3 Å². The first-order chi connectivity index (χ1) is 25.7. The Labute approximate surface area is 309 Å². The fraction of sp³-hybridized carbons (Fsp3) is 0.390. The molecule has 0 unspecified atom stereocenters. The van der Waals surface area contributed by atoms with Gasteiger partial charge in [0.25, 0.3) is 11.8 Å². The van der Waals surface area contributed by atoms with E-state index in [4.69, 9.17) is 9.84 Å². The van der Waals surface area contributed by atoms with Crippen LogP contribution in [-0.4, -0.2) is 70.4 Å². The third-order valence-electron chi connectivity index (χ3n) is 9.90. The molecule has 0 bridgehead atoms. The number of carbonyl (C=O) groups excluding carboxylic acids is 3. The summed E-state index contributed by atoms with van der Waals surface area (Å²) in [5, 5.41) is 31.2. The van der Waals surface area contributed by atoms with Crippen molar-refractivity contribution >= 4 is 29.2 Å². The van der Waals surface area contributed by atoms with Crippen LogP contribution in [0.1, 0.15) is 98.8 Å². The normalized spacial score (nSPS) is 14.4. The molecule has 1 atom stereocenters. The van der Waals surface area contributed by atoms with Crippen LogP contribution in [0.25, 0.3) is 11.1 Å². The highest BCUT2D eigenvalue weighted by atomic mass is 16.5. The van der Waals surface area contributed by atoms with Gasteiger partial charge in [0, 0.05) is 43.4 Å². The molecule has 0 spiro atoms. The zero-order chi connectivity index (χ0) is 37.5. The van der Waals surface area contributed by atoms with E-state index in [2.05, 4.69) is 31.2 Å². The van der Waals surface area contributed by atoms with Gasteiger partial charge < -0.3 is 30.9 Å². The number of amides is 2. The van der Waals surface area contributed by atoms with Gasteiger partial charge in [0.1, 0.15) is 17.4 Å². The molecule has 12 heteroatoms. The number of hydrogen-bond acceptors (Lipinski definition) is 10. The minimum atomic E-state index is -0.845. The number of anilines is 2. The van der Waals surface area contributed by atoms with Crippen molar-refractivity contribution in [1.82, 2.24) is 20.6 Å². The van der Waals surface area contributed by atoms with Crippen LogP contribution in [0.4, 0.5) is 11.4 Å². The monoisotopic (exact) mass is 720 g/mol. The van der Waals surface area contributed by atoms with E-state index in [1.165, 1.54) is 0 Å². The average Bonchev–Trinajstić information content (AvgIpc) is 4.09. The third-order valence-corrected chi connectivity index (χ3v) is 9.90. The fourth-order valence-corrected chi connectivity index (χ4v) is 6.59. The Hall–Kier alpha value is -5.01. The molecule has 12 nitrogen and oxygen atoms in total. The van der Waals surface area contributed by atoms with Gasteiger partial charge in [-0.3, -0.25) is 29.7 Å². The summed E-state index contributed by atoms with van der Waals surface area (Å²) in [4.78, 5) is 48.1. The lowest BCUT2D eigenvalue weighted by atomic mass is 9.94. The molecule has 2 saturated carbocycles. The van der Waals surface area contributed by atoms with Gasteiger partial charge >= 0.3 is 5.97 Å². The maximum Gasteiger partial charge on any atom is 0.325 e. The zero-order valence-corrected chi connectivity index (χ0v) is 30.5. The quantitative estimate of drug-likeness (QED) is 0.0635. The SMILES string of the molecule is CCOC(=O)[C@@H](CO)NCc1cnc(C(=O)Nc2cccc(-c3cccc(NC(=O)c4cc(C5CC5)c(CNCCO)cn4)c3C)c2C)cc1C1CC1. The van der Waals surface area contributed by atoms with Crippen LogP contribution in [0.3, 0.4) is 0 Å². The van der Waals surface area contributed by atoms with Gasteiger partial charge in [-0.05, 0) is 127 Å². The van der Waals surface area contributed by atoms with E-state index < -0.39 is 12.0 Å². The number of aliphatic hydroxyl groups excluding tert-OH is 2. The summed E-state index contributed by atoms with van der Waals surface area (Å²) < 4.78 is 5.04. The first-order valence-corrected chi connectivity index (χ1v) is 18.3. The summed E-state index contributed by atoms with van der Waals surface area (Å²) >= 11 is 0. The molecule has 2 aliphatic carbocycles. The van der Waals surface area contributed by atoms with Crippen LogP contribution in [0, 0.1) is 13.8 Å². The smallest absolute Gasteiger partial charge is 0.325 e. The molecular weight excluding hydrogens is 672 g/mol. The standard InChI is InChI=1S/C41H48N6O6/c1-4-53-41(52)38(23-49)45-22-29-21-44-37(18-33(29)27-13-14-27)40(51)47-35-10-6-8-31(25(35)3)30-7-5-9-34(24(30)2)46-39(50)36-17-32(26-11-12-26)28(20-43-36)19-42-15-16-48/h5-10,17-18,20-21,26-27,38,42,45,48-49H,4,11-16,19,22-23H2,1-3H3,(H,46,50)(H,47,51)/t38-/m1/s1. The van der Waals surface area contributed by atoms with Crippen LogP contribution in [0.15, 0.2) is 60.9 Å². The lowest BCUT2D eigenvalue weighted by Crippen LogP contribution is -2.40. The van der Waals surface area contributed by atoms with Crippen molar-refractivity contribution in [1.29, 1.82) is 0 Å². The van der Waals surface area contributed by atoms with E-state index in [1.807, 2.05) is 62.4 Å². The molecule has 0 aliphatic heterocycles. The number of benzene rings is 2. The molecule has 2 aromatic carbocycles. The number of nitrogens with zero attached hydrogens (tertiary/aromatic N) is 2. The summed E-state index contributed by atoms with van der Waals surface area (Å²) in [5.74, 6) is -0.392. The Morgan fingerprint density at radius 2 is 1.30 bits per heavy atom. The summed E-state index contributed by atoms with van der Waals surface area (Å²) in [5.41, 5.74) is 9.60. The third kappa shape index (κ3) is 9.14. The molecule has 6 rings (SSSR count). The van der Waals surface area contributed by atoms with Gasteiger partial charge in [0.05, 0.1) is 19.8 Å². The van der Waals surface area contributed by atoms with Gasteiger partial charge in [-0.15, -0.1) is 0 Å². The Bertz CT molecular complexity index is 1970. The lowest BCUT2D eigenvalue weighted by molar-refractivity contribution is -0.146. The number of rotatable bonds is 17. The second-order valence-corrected chi connectivity index (χ2v) is 13.7. The van der Waals surface area contributed by atoms with Gasteiger partial charge in [0.15, 0.2) is 0 Å². The number of ether oxygens (including phenoxy) is 1. The Kier molecular flexibility index (Phi) is 12.3. The molecule has 4 aromatic rings.